The molecule has 3 heterocycles. The third kappa shape index (κ3) is 2.07. The standard InChI is InChI=1S/C12H20O6/c1-11(2)14-5-6(16-11)8-7(13)9-10(15-8)18-12(3,4)17-9/h6-10,13H,5H2,1-4H3/t6?,7?,8-,9?,10-/m1/s1. The molecule has 0 aromatic carbocycles. The summed E-state index contributed by atoms with van der Waals surface area (Å²) in [7, 11) is 0. The predicted octanol–water partition coefficient (Wildman–Crippen LogP) is 0.375. The van der Waals surface area contributed by atoms with Crippen molar-refractivity contribution in [3.8, 4) is 0 Å². The van der Waals surface area contributed by atoms with Crippen LogP contribution in [-0.4, -0.2) is 54.0 Å². The van der Waals surface area contributed by atoms with Crippen LogP contribution in [0.1, 0.15) is 27.7 Å². The molecule has 6 nitrogen and oxygen atoms in total. The summed E-state index contributed by atoms with van der Waals surface area (Å²) in [6.45, 7) is 7.68. The maximum Gasteiger partial charge on any atom is 0.190 e. The second-order valence-electron chi connectivity index (χ2n) is 5.93. The van der Waals surface area contributed by atoms with Crippen molar-refractivity contribution in [2.24, 2.45) is 0 Å². The van der Waals surface area contributed by atoms with Crippen LogP contribution in [0.4, 0.5) is 0 Å². The number of aliphatic hydroxyl groups is 1. The van der Waals surface area contributed by atoms with Crippen LogP contribution in [-0.2, 0) is 23.7 Å². The smallest absolute Gasteiger partial charge is 0.190 e. The molecule has 3 fully saturated rings. The van der Waals surface area contributed by atoms with E-state index in [9.17, 15) is 5.11 Å². The molecule has 0 aliphatic carbocycles. The molecule has 0 amide bonds. The van der Waals surface area contributed by atoms with Crippen LogP contribution in [0.5, 0.6) is 0 Å². The van der Waals surface area contributed by atoms with E-state index in [2.05, 4.69) is 0 Å². The Balaban J connectivity index is 1.68. The summed E-state index contributed by atoms with van der Waals surface area (Å²) < 4.78 is 28.1. The van der Waals surface area contributed by atoms with Crippen molar-refractivity contribution in [3.63, 3.8) is 0 Å². The molecule has 6 heteroatoms. The summed E-state index contributed by atoms with van der Waals surface area (Å²) in [5.74, 6) is -1.35. The molecule has 0 aromatic rings. The number of ether oxygens (including phenoxy) is 5. The first kappa shape index (κ1) is 12.8. The zero-order valence-electron chi connectivity index (χ0n) is 11.1. The maximum atomic E-state index is 10.3. The fourth-order valence-electron chi connectivity index (χ4n) is 2.70. The molecule has 3 unspecified atom stereocenters. The third-order valence-corrected chi connectivity index (χ3v) is 3.45. The van der Waals surface area contributed by atoms with E-state index in [1.54, 1.807) is 13.8 Å². The molecule has 3 saturated heterocycles. The van der Waals surface area contributed by atoms with Gasteiger partial charge in [-0.25, -0.2) is 0 Å². The maximum absolute atomic E-state index is 10.3. The first-order chi connectivity index (χ1) is 8.27. The first-order valence-corrected chi connectivity index (χ1v) is 6.28. The summed E-state index contributed by atoms with van der Waals surface area (Å²) in [4.78, 5) is 0. The van der Waals surface area contributed by atoms with E-state index in [0.29, 0.717) is 6.61 Å². The van der Waals surface area contributed by atoms with Crippen molar-refractivity contribution in [2.75, 3.05) is 6.61 Å². The van der Waals surface area contributed by atoms with Gasteiger partial charge in [0.05, 0.1) is 6.61 Å². The molecule has 104 valence electrons. The molecule has 0 aromatic heterocycles. The van der Waals surface area contributed by atoms with Crippen molar-refractivity contribution >= 4 is 0 Å². The van der Waals surface area contributed by atoms with Crippen LogP contribution in [0.25, 0.3) is 0 Å². The fraction of sp³-hybridized carbons (Fsp3) is 1.00. The van der Waals surface area contributed by atoms with Gasteiger partial charge in [-0.15, -0.1) is 0 Å². The van der Waals surface area contributed by atoms with Gasteiger partial charge in [0.1, 0.15) is 24.4 Å². The minimum atomic E-state index is -0.765. The Bertz CT molecular complexity index is 341. The van der Waals surface area contributed by atoms with Crippen LogP contribution in [0.3, 0.4) is 0 Å². The number of hydrogen-bond acceptors (Lipinski definition) is 6. The lowest BCUT2D eigenvalue weighted by molar-refractivity contribution is -0.232. The summed E-state index contributed by atoms with van der Waals surface area (Å²) in [6, 6.07) is 0. The van der Waals surface area contributed by atoms with Gasteiger partial charge in [-0.1, -0.05) is 0 Å². The van der Waals surface area contributed by atoms with E-state index in [1.807, 2.05) is 13.8 Å². The van der Waals surface area contributed by atoms with Crippen molar-refractivity contribution in [1.29, 1.82) is 0 Å². The Labute approximate surface area is 106 Å². The lowest BCUT2D eigenvalue weighted by atomic mass is 10.1. The van der Waals surface area contributed by atoms with E-state index < -0.39 is 36.2 Å². The van der Waals surface area contributed by atoms with Crippen molar-refractivity contribution < 1.29 is 28.8 Å². The Morgan fingerprint density at radius 3 is 2.22 bits per heavy atom. The Morgan fingerprint density at radius 2 is 1.67 bits per heavy atom. The summed E-state index contributed by atoms with van der Waals surface area (Å²) in [6.07, 6.45) is -2.53. The average Bonchev–Trinajstić information content (AvgIpc) is 2.81. The zero-order chi connectivity index (χ0) is 13.1. The lowest BCUT2D eigenvalue weighted by Crippen LogP contribution is -2.42. The summed E-state index contributed by atoms with van der Waals surface area (Å²) >= 11 is 0. The molecule has 0 spiro atoms. The lowest BCUT2D eigenvalue weighted by Gasteiger charge is -2.26. The molecule has 5 atom stereocenters. The molecule has 0 saturated carbocycles. The number of rotatable bonds is 1. The highest BCUT2D eigenvalue weighted by molar-refractivity contribution is 4.97. The van der Waals surface area contributed by atoms with E-state index in [0.717, 1.165) is 0 Å². The highest BCUT2D eigenvalue weighted by Crippen LogP contribution is 2.40. The van der Waals surface area contributed by atoms with Crippen LogP contribution < -0.4 is 0 Å². The van der Waals surface area contributed by atoms with Gasteiger partial charge >= 0.3 is 0 Å². The van der Waals surface area contributed by atoms with Gasteiger partial charge in [0, 0.05) is 0 Å². The Morgan fingerprint density at radius 1 is 0.944 bits per heavy atom. The Kier molecular flexibility index (Phi) is 2.75. The average molecular weight is 260 g/mol. The molecule has 3 rings (SSSR count). The highest BCUT2D eigenvalue weighted by atomic mass is 16.8. The molecule has 3 aliphatic rings. The molecular weight excluding hydrogens is 240 g/mol. The quantitative estimate of drug-likeness (QED) is 0.735. The minimum Gasteiger partial charge on any atom is -0.387 e. The van der Waals surface area contributed by atoms with Crippen molar-refractivity contribution in [2.45, 2.75) is 70.0 Å². The second kappa shape index (κ2) is 3.88. The van der Waals surface area contributed by atoms with Gasteiger partial charge in [-0.3, -0.25) is 0 Å². The topological polar surface area (TPSA) is 66.4 Å². The zero-order valence-corrected chi connectivity index (χ0v) is 11.1. The number of fused-ring (bicyclic) bond motifs is 1. The molecule has 18 heavy (non-hydrogen) atoms. The van der Waals surface area contributed by atoms with Crippen LogP contribution in [0.2, 0.25) is 0 Å². The summed E-state index contributed by atoms with van der Waals surface area (Å²) in [5.41, 5.74) is 0. The molecular formula is C12H20O6. The van der Waals surface area contributed by atoms with Crippen molar-refractivity contribution in [1.82, 2.24) is 0 Å². The van der Waals surface area contributed by atoms with Crippen LogP contribution in [0, 0.1) is 0 Å². The monoisotopic (exact) mass is 260 g/mol. The normalized spacial score (nSPS) is 49.5. The van der Waals surface area contributed by atoms with E-state index in [4.69, 9.17) is 23.7 Å². The number of hydrogen-bond donors (Lipinski definition) is 1. The molecule has 0 bridgehead atoms. The van der Waals surface area contributed by atoms with Gasteiger partial charge in [-0.05, 0) is 27.7 Å². The van der Waals surface area contributed by atoms with Crippen LogP contribution in [0.15, 0.2) is 0 Å². The van der Waals surface area contributed by atoms with Gasteiger partial charge in [0.25, 0.3) is 0 Å². The third-order valence-electron chi connectivity index (χ3n) is 3.45. The van der Waals surface area contributed by atoms with Gasteiger partial charge < -0.3 is 28.8 Å². The Hall–Kier alpha value is -0.240. The van der Waals surface area contributed by atoms with Gasteiger partial charge in [-0.2, -0.15) is 0 Å². The minimum absolute atomic E-state index is 0.295. The van der Waals surface area contributed by atoms with E-state index >= 15 is 0 Å². The van der Waals surface area contributed by atoms with Crippen LogP contribution >= 0.6 is 0 Å². The SMILES string of the molecule is CC1(C)OCC([C@H]2O[C@@H]3OC(C)(C)OC3C2O)O1. The van der Waals surface area contributed by atoms with Gasteiger partial charge in [0.2, 0.25) is 0 Å². The largest absolute Gasteiger partial charge is 0.387 e. The molecule has 0 radical (unpaired) electrons. The highest BCUT2D eigenvalue weighted by Gasteiger charge is 2.57. The van der Waals surface area contributed by atoms with E-state index in [1.165, 1.54) is 0 Å². The second-order valence-corrected chi connectivity index (χ2v) is 5.93. The summed E-state index contributed by atoms with van der Waals surface area (Å²) in [5, 5.41) is 10.3. The van der Waals surface area contributed by atoms with E-state index in [-0.39, 0.29) is 6.10 Å². The molecule has 3 aliphatic heterocycles. The molecule has 1 N–H and O–H groups in total. The van der Waals surface area contributed by atoms with Gasteiger partial charge in [0.15, 0.2) is 17.9 Å². The predicted molar refractivity (Wildman–Crippen MR) is 59.6 cm³/mol. The first-order valence-electron chi connectivity index (χ1n) is 6.28. The van der Waals surface area contributed by atoms with Crippen molar-refractivity contribution in [3.05, 3.63) is 0 Å². The fourth-order valence-corrected chi connectivity index (χ4v) is 2.70. The number of aliphatic hydroxyl groups excluding tert-OH is 1.